The molecule has 0 atom stereocenters. The fourth-order valence-corrected chi connectivity index (χ4v) is 2.04. The van der Waals surface area contributed by atoms with Crippen LogP contribution in [0.2, 0.25) is 0 Å². The molecular weight excluding hydrogens is 396 g/mol. The Balaban J connectivity index is 3.69. The quantitative estimate of drug-likeness (QED) is 0.453. The predicted octanol–water partition coefficient (Wildman–Crippen LogP) is 4.02. The highest BCUT2D eigenvalue weighted by Crippen LogP contribution is 2.39. The summed E-state index contributed by atoms with van der Waals surface area (Å²) in [7, 11) is 2.36. The Morgan fingerprint density at radius 1 is 1.29 bits per heavy atom. The van der Waals surface area contributed by atoms with Gasteiger partial charge < -0.3 is 14.8 Å². The normalized spacial score (nSPS) is 12.1. The van der Waals surface area contributed by atoms with Gasteiger partial charge in [0.1, 0.15) is 28.1 Å². The van der Waals surface area contributed by atoms with E-state index in [4.69, 9.17) is 44.7 Å². The van der Waals surface area contributed by atoms with Crippen LogP contribution in [0.5, 0.6) is 5.88 Å². The van der Waals surface area contributed by atoms with E-state index >= 15 is 0 Å². The summed E-state index contributed by atoms with van der Waals surface area (Å²) >= 11 is 17.2. The second-order valence-corrected chi connectivity index (χ2v) is 5.81. The molecule has 0 aliphatic heterocycles. The highest BCUT2D eigenvalue weighted by Gasteiger charge is 2.32. The van der Waals surface area contributed by atoms with E-state index in [-0.39, 0.29) is 33.8 Å². The summed E-state index contributed by atoms with van der Waals surface area (Å²) in [4.78, 5) is 8.66. The van der Waals surface area contributed by atoms with E-state index < -0.39 is 17.2 Å². The number of oxime groups is 1. The third-order valence-electron chi connectivity index (χ3n) is 2.69. The maximum absolute atomic E-state index is 12.7. The van der Waals surface area contributed by atoms with E-state index in [1.165, 1.54) is 14.0 Å². The highest BCUT2D eigenvalue weighted by atomic mass is 35.5. The Morgan fingerprint density at radius 3 is 2.29 bits per heavy atom. The lowest BCUT2D eigenvalue weighted by atomic mass is 10.2. The number of ether oxygens (including phenoxy) is 1. The summed E-state index contributed by atoms with van der Waals surface area (Å²) in [6.45, 7) is 0.0208. The number of hydrogen-bond donors (Lipinski definition) is 1. The van der Waals surface area contributed by atoms with Crippen molar-refractivity contribution in [3.05, 3.63) is 15.9 Å². The molecule has 0 aliphatic rings. The van der Waals surface area contributed by atoms with Crippen LogP contribution in [0.1, 0.15) is 18.3 Å². The van der Waals surface area contributed by atoms with Gasteiger partial charge in [-0.2, -0.15) is 18.2 Å². The molecule has 0 spiro atoms. The summed E-state index contributed by atoms with van der Waals surface area (Å²) in [5.74, 6) is -0.589. The molecule has 6 nitrogen and oxygen atoms in total. The minimum atomic E-state index is -4.51. The zero-order valence-electron chi connectivity index (χ0n) is 12.6. The largest absolute Gasteiger partial charge is 0.480 e. The molecule has 1 aromatic rings. The SMILES string of the molecule is COc1nc(/C(C)=N\O)nc(N(C)CC(F)(F)F)c1C(Cl)=C(Cl)Cl. The molecule has 0 fully saturated rings. The maximum atomic E-state index is 12.7. The maximum Gasteiger partial charge on any atom is 0.405 e. The second-order valence-electron chi connectivity index (χ2n) is 4.49. The molecular formula is C12H12Cl3F3N4O2. The Labute approximate surface area is 150 Å². The first-order valence-corrected chi connectivity index (χ1v) is 7.29. The van der Waals surface area contributed by atoms with Crippen molar-refractivity contribution < 1.29 is 23.1 Å². The van der Waals surface area contributed by atoms with Crippen molar-refractivity contribution in [3.63, 3.8) is 0 Å². The molecule has 0 saturated heterocycles. The molecule has 0 unspecified atom stereocenters. The van der Waals surface area contributed by atoms with Crippen LogP contribution in [0.4, 0.5) is 19.0 Å². The van der Waals surface area contributed by atoms with Crippen LogP contribution in [0.25, 0.3) is 5.03 Å². The van der Waals surface area contributed by atoms with Crippen molar-refractivity contribution in [1.82, 2.24) is 9.97 Å². The number of aromatic nitrogens is 2. The predicted molar refractivity (Wildman–Crippen MR) is 86.4 cm³/mol. The van der Waals surface area contributed by atoms with E-state index in [0.717, 1.165) is 11.9 Å². The van der Waals surface area contributed by atoms with Crippen LogP contribution in [0, 0.1) is 0 Å². The number of anilines is 1. The van der Waals surface area contributed by atoms with Gasteiger partial charge in [0.05, 0.1) is 12.1 Å². The van der Waals surface area contributed by atoms with E-state index in [0.29, 0.717) is 0 Å². The van der Waals surface area contributed by atoms with Crippen LogP contribution in [-0.4, -0.2) is 47.8 Å². The molecule has 0 amide bonds. The molecule has 1 N–H and O–H groups in total. The number of rotatable bonds is 5. The molecule has 1 heterocycles. The Bertz CT molecular complexity index is 676. The number of alkyl halides is 3. The monoisotopic (exact) mass is 406 g/mol. The number of hydrogen-bond acceptors (Lipinski definition) is 6. The van der Waals surface area contributed by atoms with Crippen LogP contribution in [0.15, 0.2) is 9.65 Å². The van der Waals surface area contributed by atoms with Crippen molar-refractivity contribution in [2.75, 3.05) is 25.6 Å². The topological polar surface area (TPSA) is 70.8 Å². The van der Waals surface area contributed by atoms with Crippen molar-refractivity contribution in [3.8, 4) is 5.88 Å². The third-order valence-corrected chi connectivity index (χ3v) is 3.64. The summed E-state index contributed by atoms with van der Waals surface area (Å²) in [6.07, 6.45) is -4.51. The van der Waals surface area contributed by atoms with Gasteiger partial charge in [0.2, 0.25) is 5.88 Å². The van der Waals surface area contributed by atoms with Gasteiger partial charge in [0, 0.05) is 7.05 Å². The summed E-state index contributed by atoms with van der Waals surface area (Å²) in [6, 6.07) is 0. The summed E-state index contributed by atoms with van der Waals surface area (Å²) < 4.78 is 42.8. The van der Waals surface area contributed by atoms with Crippen molar-refractivity contribution in [2.24, 2.45) is 5.16 Å². The van der Waals surface area contributed by atoms with Crippen molar-refractivity contribution in [2.45, 2.75) is 13.1 Å². The first kappa shape index (κ1) is 20.6. The lowest BCUT2D eigenvalue weighted by molar-refractivity contribution is -0.119. The van der Waals surface area contributed by atoms with Crippen molar-refractivity contribution in [1.29, 1.82) is 0 Å². The molecule has 0 bridgehead atoms. The average Bonchev–Trinajstić information content (AvgIpc) is 2.50. The lowest BCUT2D eigenvalue weighted by Crippen LogP contribution is -2.32. The fourth-order valence-electron chi connectivity index (χ4n) is 1.69. The van der Waals surface area contributed by atoms with E-state index in [9.17, 15) is 13.2 Å². The molecule has 0 radical (unpaired) electrons. The van der Waals surface area contributed by atoms with Gasteiger partial charge >= 0.3 is 6.18 Å². The number of nitrogens with zero attached hydrogens (tertiary/aromatic N) is 4. The lowest BCUT2D eigenvalue weighted by Gasteiger charge is -2.23. The molecule has 134 valence electrons. The zero-order chi connectivity index (χ0) is 18.7. The smallest absolute Gasteiger partial charge is 0.405 e. The van der Waals surface area contributed by atoms with E-state index in [2.05, 4.69) is 15.1 Å². The Kier molecular flexibility index (Phi) is 6.94. The number of halogens is 6. The van der Waals surface area contributed by atoms with Crippen LogP contribution in [-0.2, 0) is 0 Å². The molecule has 24 heavy (non-hydrogen) atoms. The Morgan fingerprint density at radius 2 is 1.88 bits per heavy atom. The molecule has 1 rings (SSSR count). The molecule has 0 saturated carbocycles. The Hall–Kier alpha value is -1.45. The average molecular weight is 408 g/mol. The number of methoxy groups -OCH3 is 1. The van der Waals surface area contributed by atoms with Crippen LogP contribution in [0.3, 0.4) is 0 Å². The van der Waals surface area contributed by atoms with Gasteiger partial charge in [0.25, 0.3) is 0 Å². The molecule has 0 aliphatic carbocycles. The van der Waals surface area contributed by atoms with Gasteiger partial charge in [0.15, 0.2) is 5.82 Å². The van der Waals surface area contributed by atoms with Crippen LogP contribution < -0.4 is 9.64 Å². The second kappa shape index (κ2) is 8.09. The first-order valence-electron chi connectivity index (χ1n) is 6.15. The van der Waals surface area contributed by atoms with Gasteiger partial charge in [-0.05, 0) is 6.92 Å². The molecule has 1 aromatic heterocycles. The van der Waals surface area contributed by atoms with Gasteiger partial charge in [-0.3, -0.25) is 0 Å². The fraction of sp³-hybridized carbons (Fsp3) is 0.417. The van der Waals surface area contributed by atoms with Gasteiger partial charge in [-0.25, -0.2) is 4.98 Å². The minimum absolute atomic E-state index is 0.0430. The third kappa shape index (κ3) is 5.02. The standard InChI is InChI=1S/C12H12Cl3F3N4O2/c1-5(21-23)9-19-10(22(2)4-12(16,17)18)6(7(13)8(14)15)11(20-9)24-3/h23H,4H2,1-3H3/b21-5-. The van der Waals surface area contributed by atoms with Crippen molar-refractivity contribution >= 4 is 51.4 Å². The first-order chi connectivity index (χ1) is 11.0. The zero-order valence-corrected chi connectivity index (χ0v) is 14.9. The summed E-state index contributed by atoms with van der Waals surface area (Å²) in [5, 5.41) is 11.5. The van der Waals surface area contributed by atoms with E-state index in [1.807, 2.05) is 0 Å². The van der Waals surface area contributed by atoms with E-state index in [1.54, 1.807) is 0 Å². The van der Waals surface area contributed by atoms with Gasteiger partial charge in [-0.15, -0.1) is 0 Å². The summed E-state index contributed by atoms with van der Waals surface area (Å²) in [5.41, 5.74) is -0.168. The van der Waals surface area contributed by atoms with Gasteiger partial charge in [-0.1, -0.05) is 40.0 Å². The minimum Gasteiger partial charge on any atom is -0.480 e. The van der Waals surface area contributed by atoms with Crippen LogP contribution >= 0.6 is 34.8 Å². The highest BCUT2D eigenvalue weighted by molar-refractivity contribution is 6.67. The molecule has 12 heteroatoms. The molecule has 0 aromatic carbocycles.